The third-order valence-corrected chi connectivity index (χ3v) is 7.78. The normalized spacial score (nSPS) is 32.3. The van der Waals surface area contributed by atoms with Crippen LogP contribution in [0.4, 0.5) is 0 Å². The summed E-state index contributed by atoms with van der Waals surface area (Å²) in [5.41, 5.74) is -2.01. The molecule has 33 heavy (non-hydrogen) atoms. The number of amides is 2. The van der Waals surface area contributed by atoms with Gasteiger partial charge in [-0.25, -0.2) is 0 Å². The van der Waals surface area contributed by atoms with E-state index in [9.17, 15) is 19.5 Å². The van der Waals surface area contributed by atoms with Crippen molar-refractivity contribution < 1.29 is 29.3 Å². The first kappa shape index (κ1) is 25.7. The summed E-state index contributed by atoms with van der Waals surface area (Å²) in [7, 11) is 0. The van der Waals surface area contributed by atoms with Crippen molar-refractivity contribution in [3.63, 3.8) is 0 Å². The van der Waals surface area contributed by atoms with Crippen molar-refractivity contribution in [2.75, 3.05) is 26.2 Å². The van der Waals surface area contributed by atoms with Crippen LogP contribution < -0.4 is 0 Å². The smallest absolute Gasteiger partial charge is 0.310 e. The molecule has 0 aromatic heterocycles. The van der Waals surface area contributed by atoms with Gasteiger partial charge in [0.1, 0.15) is 11.6 Å². The molecule has 0 radical (unpaired) electrons. The first-order valence-corrected chi connectivity index (χ1v) is 12.5. The summed E-state index contributed by atoms with van der Waals surface area (Å²) in [5.74, 6) is -3.23. The van der Waals surface area contributed by atoms with Crippen LogP contribution in [-0.2, 0) is 19.1 Å². The van der Waals surface area contributed by atoms with Crippen molar-refractivity contribution in [2.24, 2.45) is 11.8 Å². The molecule has 3 aliphatic heterocycles. The molecule has 3 heterocycles. The van der Waals surface area contributed by atoms with Crippen molar-refractivity contribution in [3.8, 4) is 0 Å². The molecule has 8 heteroatoms. The number of aliphatic hydroxyl groups excluding tert-OH is 1. The van der Waals surface area contributed by atoms with E-state index < -0.39 is 35.0 Å². The van der Waals surface area contributed by atoms with E-state index in [-0.39, 0.29) is 18.4 Å². The maximum absolute atomic E-state index is 14.0. The maximum atomic E-state index is 14.0. The second kappa shape index (κ2) is 10.6. The fourth-order valence-electron chi connectivity index (χ4n) is 6.24. The van der Waals surface area contributed by atoms with Crippen LogP contribution in [-0.4, -0.2) is 81.3 Å². The number of carbonyl (C=O) groups excluding carboxylic acids is 2. The number of hydrogen-bond donors (Lipinski definition) is 2. The predicted molar refractivity (Wildman–Crippen MR) is 123 cm³/mol. The Kier molecular flexibility index (Phi) is 8.22. The van der Waals surface area contributed by atoms with Crippen molar-refractivity contribution in [2.45, 2.75) is 88.9 Å². The largest absolute Gasteiger partial charge is 0.481 e. The van der Waals surface area contributed by atoms with Gasteiger partial charge >= 0.3 is 5.97 Å². The highest BCUT2D eigenvalue weighted by Crippen LogP contribution is 2.63. The molecule has 1 spiro atoms. The number of carbonyl (C=O) groups is 3. The number of rotatable bonds is 14. The Bertz CT molecular complexity index is 757. The average Bonchev–Trinajstić information content (AvgIpc) is 3.33. The van der Waals surface area contributed by atoms with E-state index >= 15 is 0 Å². The van der Waals surface area contributed by atoms with Gasteiger partial charge in [-0.05, 0) is 39.0 Å². The second-order valence-electron chi connectivity index (χ2n) is 10.0. The van der Waals surface area contributed by atoms with Crippen molar-refractivity contribution in [1.82, 2.24) is 9.80 Å². The molecule has 0 aromatic rings. The first-order chi connectivity index (χ1) is 15.8. The minimum absolute atomic E-state index is 0.135. The van der Waals surface area contributed by atoms with Gasteiger partial charge in [-0.2, -0.15) is 0 Å². The van der Waals surface area contributed by atoms with Gasteiger partial charge in [-0.1, -0.05) is 38.7 Å². The highest BCUT2D eigenvalue weighted by Gasteiger charge is 2.78. The molecule has 3 aliphatic rings. The van der Waals surface area contributed by atoms with E-state index in [0.717, 1.165) is 32.1 Å². The summed E-state index contributed by atoms with van der Waals surface area (Å²) in [6, 6.07) is -0.805. The number of carboxylic acid groups (broad SMARTS) is 1. The first-order valence-electron chi connectivity index (χ1n) is 12.5. The van der Waals surface area contributed by atoms with Gasteiger partial charge in [0.05, 0.1) is 17.4 Å². The van der Waals surface area contributed by atoms with Crippen LogP contribution in [0.2, 0.25) is 0 Å². The number of nitrogens with zero attached hydrogens (tertiary/aromatic N) is 2. The molecule has 0 aromatic carbocycles. The van der Waals surface area contributed by atoms with Crippen molar-refractivity contribution in [1.29, 1.82) is 0 Å². The zero-order valence-corrected chi connectivity index (χ0v) is 20.1. The Balaban J connectivity index is 1.91. The molecule has 2 bridgehead atoms. The molecular weight excluding hydrogens is 424 g/mol. The van der Waals surface area contributed by atoms with Gasteiger partial charge in [0.15, 0.2) is 0 Å². The number of ether oxygens (including phenoxy) is 1. The van der Waals surface area contributed by atoms with E-state index in [1.54, 1.807) is 22.8 Å². The van der Waals surface area contributed by atoms with Crippen LogP contribution >= 0.6 is 0 Å². The van der Waals surface area contributed by atoms with E-state index in [4.69, 9.17) is 9.84 Å². The lowest BCUT2D eigenvalue weighted by atomic mass is 9.66. The Morgan fingerprint density at radius 2 is 1.94 bits per heavy atom. The monoisotopic (exact) mass is 464 g/mol. The predicted octanol–water partition coefficient (Wildman–Crippen LogP) is 2.59. The van der Waals surface area contributed by atoms with Gasteiger partial charge in [0, 0.05) is 26.2 Å². The Hall–Kier alpha value is -1.93. The number of hydrogen-bond acceptors (Lipinski definition) is 5. The van der Waals surface area contributed by atoms with Crippen LogP contribution in [0.1, 0.15) is 71.6 Å². The van der Waals surface area contributed by atoms with Crippen molar-refractivity contribution in [3.05, 3.63) is 12.7 Å². The zero-order valence-electron chi connectivity index (χ0n) is 20.1. The van der Waals surface area contributed by atoms with Crippen LogP contribution in [0.25, 0.3) is 0 Å². The quantitative estimate of drug-likeness (QED) is 0.302. The second-order valence-corrected chi connectivity index (χ2v) is 10.0. The summed E-state index contributed by atoms with van der Waals surface area (Å²) >= 11 is 0. The molecule has 2 N–H and O–H groups in total. The maximum Gasteiger partial charge on any atom is 0.310 e. The number of unbranched alkanes of at least 4 members (excludes halogenated alkanes) is 5. The molecule has 0 aliphatic carbocycles. The number of carboxylic acids is 1. The topological polar surface area (TPSA) is 107 Å². The lowest BCUT2D eigenvalue weighted by Crippen LogP contribution is -2.56. The molecule has 3 fully saturated rings. The van der Waals surface area contributed by atoms with E-state index in [0.29, 0.717) is 45.3 Å². The molecule has 2 unspecified atom stereocenters. The van der Waals surface area contributed by atoms with E-state index in [1.165, 1.54) is 0 Å². The highest BCUT2D eigenvalue weighted by molar-refractivity contribution is 5.98. The Morgan fingerprint density at radius 3 is 2.58 bits per heavy atom. The van der Waals surface area contributed by atoms with Gasteiger partial charge in [0.2, 0.25) is 11.8 Å². The lowest BCUT2D eigenvalue weighted by Gasteiger charge is -2.37. The van der Waals surface area contributed by atoms with E-state index in [2.05, 4.69) is 13.5 Å². The summed E-state index contributed by atoms with van der Waals surface area (Å²) in [6.45, 7) is 9.17. The summed E-state index contributed by atoms with van der Waals surface area (Å²) in [6.07, 6.45) is 8.72. The molecule has 3 rings (SSSR count). The minimum Gasteiger partial charge on any atom is -0.481 e. The lowest BCUT2D eigenvalue weighted by molar-refractivity contribution is -0.156. The molecule has 5 atom stereocenters. The summed E-state index contributed by atoms with van der Waals surface area (Å²) in [4.78, 5) is 43.2. The van der Waals surface area contributed by atoms with Gasteiger partial charge in [0.25, 0.3) is 0 Å². The molecule has 8 nitrogen and oxygen atoms in total. The van der Waals surface area contributed by atoms with Gasteiger partial charge in [-0.15, -0.1) is 6.58 Å². The molecular formula is C25H40N2O6. The Labute approximate surface area is 196 Å². The fourth-order valence-corrected chi connectivity index (χ4v) is 6.24. The SMILES string of the molecule is C=CCN(CCCCC)C(=O)C1N(CCCCCCO)C(=O)[C@@H]2[C@@H](C(=O)O)[C@@]3(C)CCC12O3. The van der Waals surface area contributed by atoms with Gasteiger partial charge < -0.3 is 24.7 Å². The van der Waals surface area contributed by atoms with Gasteiger partial charge in [-0.3, -0.25) is 14.4 Å². The van der Waals surface area contributed by atoms with E-state index in [1.807, 2.05) is 0 Å². The molecule has 3 saturated heterocycles. The highest BCUT2D eigenvalue weighted by atomic mass is 16.5. The average molecular weight is 465 g/mol. The zero-order chi connectivity index (χ0) is 24.2. The molecule has 0 saturated carbocycles. The number of aliphatic hydroxyl groups is 1. The van der Waals surface area contributed by atoms with Crippen LogP contribution in [0.15, 0.2) is 12.7 Å². The Morgan fingerprint density at radius 1 is 1.21 bits per heavy atom. The fraction of sp³-hybridized carbons (Fsp3) is 0.800. The van der Waals surface area contributed by atoms with Crippen LogP contribution in [0.3, 0.4) is 0 Å². The minimum atomic E-state index is -1.08. The molecule has 186 valence electrons. The number of aliphatic carboxylic acids is 1. The number of fused-ring (bicyclic) bond motifs is 1. The van der Waals surface area contributed by atoms with Crippen LogP contribution in [0, 0.1) is 11.8 Å². The summed E-state index contributed by atoms with van der Waals surface area (Å²) in [5, 5.41) is 19.0. The molecule has 2 amide bonds. The third kappa shape index (κ3) is 4.56. The third-order valence-electron chi connectivity index (χ3n) is 7.78. The summed E-state index contributed by atoms with van der Waals surface area (Å²) < 4.78 is 6.43. The van der Waals surface area contributed by atoms with Crippen molar-refractivity contribution >= 4 is 17.8 Å². The standard InChI is InChI=1S/C25H40N2O6/c1-4-6-9-15-26(14-5-2)22(30)20-25-13-12-24(3,33-25)19(23(31)32)18(25)21(29)27(20)16-10-7-8-11-17-28/h5,18-20,28H,2,4,6-17H2,1,3H3,(H,31,32)/t18-,19-,20?,24+,25?/m0/s1. The number of likely N-dealkylation sites (tertiary alicyclic amines) is 1. The van der Waals surface area contributed by atoms with Crippen LogP contribution in [0.5, 0.6) is 0 Å².